The van der Waals surface area contributed by atoms with Gasteiger partial charge in [0.25, 0.3) is 0 Å². The molecule has 0 aromatic heterocycles. The summed E-state index contributed by atoms with van der Waals surface area (Å²) in [6, 6.07) is 11.7. The van der Waals surface area contributed by atoms with Gasteiger partial charge in [-0.15, -0.1) is 0 Å². The van der Waals surface area contributed by atoms with E-state index in [-0.39, 0.29) is 11.5 Å². The van der Waals surface area contributed by atoms with Gasteiger partial charge in [-0.25, -0.2) is 16.8 Å². The predicted molar refractivity (Wildman–Crippen MR) is 114 cm³/mol. The minimum atomic E-state index is -3.67. The summed E-state index contributed by atoms with van der Waals surface area (Å²) >= 11 is 5.92. The first kappa shape index (κ1) is 21.0. The summed E-state index contributed by atoms with van der Waals surface area (Å²) in [4.78, 5) is 0. The predicted octanol–water partition coefficient (Wildman–Crippen LogP) is 3.77. The molecule has 2 aromatic rings. The van der Waals surface area contributed by atoms with Crippen LogP contribution in [0.3, 0.4) is 0 Å². The summed E-state index contributed by atoms with van der Waals surface area (Å²) in [6.45, 7) is 2.23. The lowest BCUT2D eigenvalue weighted by Gasteiger charge is -2.31. The zero-order valence-corrected chi connectivity index (χ0v) is 17.9. The Balaban J connectivity index is 1.86. The van der Waals surface area contributed by atoms with Crippen molar-refractivity contribution in [2.75, 3.05) is 21.3 Å². The first-order chi connectivity index (χ1) is 13.2. The maximum atomic E-state index is 12.6. The van der Waals surface area contributed by atoms with Gasteiger partial charge in [0.2, 0.25) is 20.0 Å². The van der Waals surface area contributed by atoms with Gasteiger partial charge in [0.1, 0.15) is 0 Å². The summed E-state index contributed by atoms with van der Waals surface area (Å²) in [5, 5.41) is 0.471. The van der Waals surface area contributed by atoms with Crippen molar-refractivity contribution < 1.29 is 16.8 Å². The third-order valence-electron chi connectivity index (χ3n) is 4.48. The molecule has 1 aliphatic rings. The van der Waals surface area contributed by atoms with Gasteiger partial charge < -0.3 is 0 Å². The number of benzene rings is 2. The zero-order valence-electron chi connectivity index (χ0n) is 15.6. The molecule has 2 aromatic carbocycles. The van der Waals surface area contributed by atoms with E-state index in [0.29, 0.717) is 34.9 Å². The molecule has 3 rings (SSSR count). The SMILES string of the molecule is CCCS(=O)(=O)N1CCCc2ccc(NS(=O)(=O)Cc3cccc(Cl)c3)cc21. The minimum absolute atomic E-state index is 0.0666. The lowest BCUT2D eigenvalue weighted by atomic mass is 10.0. The number of rotatable bonds is 7. The Labute approximate surface area is 171 Å². The molecule has 0 radical (unpaired) electrons. The van der Waals surface area contributed by atoms with E-state index in [2.05, 4.69) is 4.72 Å². The molecular weight excluding hydrogens is 420 g/mol. The summed E-state index contributed by atoms with van der Waals surface area (Å²) in [5.41, 5.74) is 2.39. The molecule has 6 nitrogen and oxygen atoms in total. The van der Waals surface area contributed by atoms with Crippen LogP contribution in [-0.2, 0) is 32.2 Å². The summed E-state index contributed by atoms with van der Waals surface area (Å²) in [6.07, 6.45) is 2.04. The van der Waals surface area contributed by atoms with Gasteiger partial charge in [0, 0.05) is 11.6 Å². The van der Waals surface area contributed by atoms with Crippen LogP contribution in [0.2, 0.25) is 5.02 Å². The standard InChI is InChI=1S/C19H23ClN2O4S2/c1-2-11-28(25,26)22-10-4-6-16-8-9-18(13-19(16)22)21-27(23,24)14-15-5-3-7-17(20)12-15/h3,5,7-9,12-13,21H,2,4,6,10-11,14H2,1H3. The number of sulfonamides is 2. The van der Waals surface area contributed by atoms with Crippen molar-refractivity contribution in [3.63, 3.8) is 0 Å². The smallest absolute Gasteiger partial charge is 0.236 e. The maximum Gasteiger partial charge on any atom is 0.236 e. The van der Waals surface area contributed by atoms with Gasteiger partial charge in [-0.2, -0.15) is 0 Å². The molecule has 0 atom stereocenters. The first-order valence-corrected chi connectivity index (χ1v) is 12.7. The largest absolute Gasteiger partial charge is 0.283 e. The average molecular weight is 443 g/mol. The number of hydrogen-bond acceptors (Lipinski definition) is 4. The highest BCUT2D eigenvalue weighted by molar-refractivity contribution is 7.92. The van der Waals surface area contributed by atoms with Crippen LogP contribution in [0.1, 0.15) is 30.9 Å². The molecule has 0 bridgehead atoms. The fourth-order valence-electron chi connectivity index (χ4n) is 3.32. The van der Waals surface area contributed by atoms with Gasteiger partial charge in [0.05, 0.1) is 22.9 Å². The van der Waals surface area contributed by atoms with E-state index in [0.717, 1.165) is 18.4 Å². The average Bonchev–Trinajstić information content (AvgIpc) is 2.60. The van der Waals surface area contributed by atoms with E-state index < -0.39 is 20.0 Å². The van der Waals surface area contributed by atoms with Gasteiger partial charge >= 0.3 is 0 Å². The molecule has 0 fully saturated rings. The van der Waals surface area contributed by atoms with Crippen molar-refractivity contribution in [1.82, 2.24) is 0 Å². The number of anilines is 2. The van der Waals surface area contributed by atoms with Gasteiger partial charge in [-0.1, -0.05) is 36.7 Å². The number of halogens is 1. The van der Waals surface area contributed by atoms with Crippen molar-refractivity contribution in [1.29, 1.82) is 0 Å². The molecule has 1 aliphatic heterocycles. The Kier molecular flexibility index (Phi) is 6.21. The fraction of sp³-hybridized carbons (Fsp3) is 0.368. The second-order valence-electron chi connectivity index (χ2n) is 6.83. The highest BCUT2D eigenvalue weighted by Gasteiger charge is 2.27. The van der Waals surface area contributed by atoms with Crippen LogP contribution in [0, 0.1) is 0 Å². The van der Waals surface area contributed by atoms with Crippen molar-refractivity contribution in [2.45, 2.75) is 31.9 Å². The molecular formula is C19H23ClN2O4S2. The molecule has 0 saturated heterocycles. The number of hydrogen-bond donors (Lipinski definition) is 1. The molecule has 0 saturated carbocycles. The third kappa shape index (κ3) is 4.98. The monoisotopic (exact) mass is 442 g/mol. The minimum Gasteiger partial charge on any atom is -0.283 e. The zero-order chi connectivity index (χ0) is 20.4. The highest BCUT2D eigenvalue weighted by Crippen LogP contribution is 2.32. The van der Waals surface area contributed by atoms with E-state index >= 15 is 0 Å². The van der Waals surface area contributed by atoms with Crippen molar-refractivity contribution in [3.8, 4) is 0 Å². The number of fused-ring (bicyclic) bond motifs is 1. The quantitative estimate of drug-likeness (QED) is 0.707. The van der Waals surface area contributed by atoms with Crippen LogP contribution in [0.15, 0.2) is 42.5 Å². The second kappa shape index (κ2) is 8.31. The van der Waals surface area contributed by atoms with Gasteiger partial charge in [-0.05, 0) is 54.7 Å². The van der Waals surface area contributed by atoms with Crippen LogP contribution >= 0.6 is 11.6 Å². The van der Waals surface area contributed by atoms with Gasteiger partial charge in [-0.3, -0.25) is 9.03 Å². The number of nitrogens with one attached hydrogen (secondary N) is 1. The topological polar surface area (TPSA) is 83.6 Å². The first-order valence-electron chi connectivity index (χ1n) is 9.08. The third-order valence-corrected chi connectivity index (χ3v) is 7.95. The van der Waals surface area contributed by atoms with Crippen molar-refractivity contribution in [3.05, 3.63) is 58.6 Å². The Morgan fingerprint density at radius 1 is 1.11 bits per heavy atom. The van der Waals surface area contributed by atoms with Crippen molar-refractivity contribution in [2.24, 2.45) is 0 Å². The van der Waals surface area contributed by atoms with E-state index in [1.165, 1.54) is 4.31 Å². The van der Waals surface area contributed by atoms with Crippen LogP contribution in [0.5, 0.6) is 0 Å². The van der Waals surface area contributed by atoms with E-state index in [1.54, 1.807) is 42.5 Å². The van der Waals surface area contributed by atoms with Crippen LogP contribution in [0.25, 0.3) is 0 Å². The van der Waals surface area contributed by atoms with Crippen LogP contribution < -0.4 is 9.03 Å². The van der Waals surface area contributed by atoms with Crippen LogP contribution in [-0.4, -0.2) is 29.1 Å². The molecule has 152 valence electrons. The number of aryl methyl sites for hydroxylation is 1. The Hall–Kier alpha value is -1.77. The van der Waals surface area contributed by atoms with Crippen molar-refractivity contribution >= 4 is 43.0 Å². The van der Waals surface area contributed by atoms with Crippen LogP contribution in [0.4, 0.5) is 11.4 Å². The molecule has 28 heavy (non-hydrogen) atoms. The summed E-state index contributed by atoms with van der Waals surface area (Å²) in [5.74, 6) is -0.153. The molecule has 1 heterocycles. The maximum absolute atomic E-state index is 12.6. The molecule has 0 unspecified atom stereocenters. The summed E-state index contributed by atoms with van der Waals surface area (Å²) in [7, 11) is -7.09. The molecule has 0 aliphatic carbocycles. The Morgan fingerprint density at radius 2 is 1.89 bits per heavy atom. The second-order valence-corrected chi connectivity index (χ2v) is 11.0. The summed E-state index contributed by atoms with van der Waals surface area (Å²) < 4.78 is 54.2. The molecule has 9 heteroatoms. The van der Waals surface area contributed by atoms with E-state index in [4.69, 9.17) is 11.6 Å². The lowest BCUT2D eigenvalue weighted by Crippen LogP contribution is -2.37. The molecule has 0 spiro atoms. The normalized spacial score (nSPS) is 14.6. The lowest BCUT2D eigenvalue weighted by molar-refractivity contribution is 0.585. The van der Waals surface area contributed by atoms with E-state index in [1.807, 2.05) is 6.92 Å². The fourth-order valence-corrected chi connectivity index (χ4v) is 6.33. The number of nitrogens with zero attached hydrogens (tertiary/aromatic N) is 1. The Bertz CT molecular complexity index is 1070. The molecule has 1 N–H and O–H groups in total. The highest BCUT2D eigenvalue weighted by atomic mass is 35.5. The Morgan fingerprint density at radius 3 is 2.61 bits per heavy atom. The van der Waals surface area contributed by atoms with Gasteiger partial charge in [0.15, 0.2) is 0 Å². The van der Waals surface area contributed by atoms with E-state index in [9.17, 15) is 16.8 Å². The molecule has 0 amide bonds.